The first-order valence-electron chi connectivity index (χ1n) is 12.0. The lowest BCUT2D eigenvalue weighted by atomic mass is 10.1. The molecule has 5 heterocycles. The van der Waals surface area contributed by atoms with Gasteiger partial charge in [0.15, 0.2) is 5.82 Å². The molecule has 3 N–H and O–H groups in total. The number of aryl methyl sites for hydroxylation is 2. The zero-order valence-electron chi connectivity index (χ0n) is 21.1. The molecule has 39 heavy (non-hydrogen) atoms. The fourth-order valence-electron chi connectivity index (χ4n) is 3.82. The molecule has 0 aliphatic heterocycles. The van der Waals surface area contributed by atoms with Crippen LogP contribution in [0.5, 0.6) is 0 Å². The van der Waals surface area contributed by atoms with Crippen molar-refractivity contribution >= 4 is 17.4 Å². The van der Waals surface area contributed by atoms with Gasteiger partial charge in [-0.05, 0) is 49.7 Å². The summed E-state index contributed by atoms with van der Waals surface area (Å²) < 4.78 is 13.6. The molecule has 1 amide bonds. The molecule has 0 aliphatic carbocycles. The van der Waals surface area contributed by atoms with E-state index in [4.69, 9.17) is 0 Å². The number of anilines is 2. The highest BCUT2D eigenvalue weighted by Gasteiger charge is 2.11. The second-order valence-corrected chi connectivity index (χ2v) is 8.74. The van der Waals surface area contributed by atoms with Crippen LogP contribution in [0.1, 0.15) is 27.4 Å². The average Bonchev–Trinajstić information content (AvgIpc) is 2.93. The molecule has 11 heteroatoms. The molecule has 5 aromatic rings. The number of rotatable bonds is 7. The predicted molar refractivity (Wildman–Crippen MR) is 144 cm³/mol. The molecule has 0 radical (unpaired) electrons. The molecule has 0 spiro atoms. The number of carbonyl (C=O) groups is 1. The van der Waals surface area contributed by atoms with Gasteiger partial charge in [0.05, 0.1) is 11.9 Å². The van der Waals surface area contributed by atoms with E-state index in [1.807, 2.05) is 13.0 Å². The maximum absolute atomic E-state index is 13.6. The van der Waals surface area contributed by atoms with E-state index in [-0.39, 0.29) is 23.7 Å². The van der Waals surface area contributed by atoms with E-state index < -0.39 is 5.82 Å². The molecule has 0 atom stereocenters. The number of amides is 1. The Morgan fingerprint density at radius 2 is 1.82 bits per heavy atom. The molecule has 10 nitrogen and oxygen atoms in total. The standard InChI is InChI=1S/C28H23FN8O2/c1-16-9-25(36-21-7-8-30-26(38)11-21)37-27(35-16)19-4-6-24(33-14-19)28(39)34-13-18-3-5-23(32-12-18)22-10-20(29)15-31-17(22)2/h3-12,14-15H,13H2,1-2H3,(H,34,39)(H2,30,35,36,37,38). The highest BCUT2D eigenvalue weighted by molar-refractivity contribution is 5.92. The van der Waals surface area contributed by atoms with Crippen LogP contribution in [0.25, 0.3) is 22.6 Å². The topological polar surface area (TPSA) is 138 Å². The zero-order chi connectivity index (χ0) is 27.4. The van der Waals surface area contributed by atoms with Gasteiger partial charge in [-0.25, -0.2) is 14.4 Å². The molecular formula is C28H23FN8O2. The lowest BCUT2D eigenvalue weighted by Crippen LogP contribution is -2.23. The third-order valence-corrected chi connectivity index (χ3v) is 5.76. The van der Waals surface area contributed by atoms with Crippen molar-refractivity contribution in [2.24, 2.45) is 0 Å². The molecule has 0 fully saturated rings. The molecule has 0 saturated carbocycles. The Hall–Kier alpha value is -5.32. The van der Waals surface area contributed by atoms with E-state index in [1.54, 1.807) is 49.6 Å². The third kappa shape index (κ3) is 6.16. The molecular weight excluding hydrogens is 499 g/mol. The van der Waals surface area contributed by atoms with Crippen LogP contribution >= 0.6 is 0 Å². The number of pyridine rings is 4. The minimum Gasteiger partial charge on any atom is -0.347 e. The van der Waals surface area contributed by atoms with Crippen LogP contribution in [0, 0.1) is 19.7 Å². The van der Waals surface area contributed by atoms with Crippen LogP contribution in [0.3, 0.4) is 0 Å². The van der Waals surface area contributed by atoms with Gasteiger partial charge in [-0.2, -0.15) is 0 Å². The van der Waals surface area contributed by atoms with E-state index in [9.17, 15) is 14.0 Å². The molecule has 5 aromatic heterocycles. The summed E-state index contributed by atoms with van der Waals surface area (Å²) in [5, 5.41) is 5.92. The first kappa shape index (κ1) is 25.3. The minimum absolute atomic E-state index is 0.228. The number of halogens is 1. The molecule has 194 valence electrons. The van der Waals surface area contributed by atoms with Gasteiger partial charge in [0.1, 0.15) is 17.3 Å². The summed E-state index contributed by atoms with van der Waals surface area (Å²) in [5.74, 6) is 0.172. The molecule has 5 rings (SSSR count). The number of hydrogen-bond acceptors (Lipinski definition) is 8. The van der Waals surface area contributed by atoms with E-state index >= 15 is 0 Å². The van der Waals surface area contributed by atoms with Crippen LogP contribution in [-0.2, 0) is 6.54 Å². The van der Waals surface area contributed by atoms with E-state index in [0.717, 1.165) is 11.3 Å². The van der Waals surface area contributed by atoms with E-state index in [1.165, 1.54) is 24.5 Å². The van der Waals surface area contributed by atoms with Crippen LogP contribution in [0.15, 0.2) is 78.1 Å². The average molecular weight is 523 g/mol. The van der Waals surface area contributed by atoms with Crippen molar-refractivity contribution in [3.05, 3.63) is 112 Å². The summed E-state index contributed by atoms with van der Waals surface area (Å²) in [6.45, 7) is 3.87. The molecule has 0 bridgehead atoms. The summed E-state index contributed by atoms with van der Waals surface area (Å²) in [5.41, 5.74) is 4.62. The Balaban J connectivity index is 1.24. The van der Waals surface area contributed by atoms with Crippen molar-refractivity contribution < 1.29 is 9.18 Å². The number of aromatic amines is 1. The minimum atomic E-state index is -0.427. The van der Waals surface area contributed by atoms with Crippen LogP contribution < -0.4 is 16.2 Å². The second kappa shape index (κ2) is 11.0. The zero-order valence-corrected chi connectivity index (χ0v) is 21.1. The van der Waals surface area contributed by atoms with Gasteiger partial charge in [-0.15, -0.1) is 0 Å². The number of nitrogens with zero attached hydrogens (tertiary/aromatic N) is 5. The van der Waals surface area contributed by atoms with Gasteiger partial charge in [0, 0.05) is 65.5 Å². The summed E-state index contributed by atoms with van der Waals surface area (Å²) >= 11 is 0. The number of H-pyrrole nitrogens is 1. The van der Waals surface area contributed by atoms with Crippen molar-refractivity contribution in [2.75, 3.05) is 5.32 Å². The van der Waals surface area contributed by atoms with Crippen LogP contribution in [0.2, 0.25) is 0 Å². The highest BCUT2D eigenvalue weighted by Crippen LogP contribution is 2.22. The maximum atomic E-state index is 13.6. The summed E-state index contributed by atoms with van der Waals surface area (Å²) in [6.07, 6.45) is 5.88. The summed E-state index contributed by atoms with van der Waals surface area (Å²) in [6, 6.07) is 13.2. The first-order chi connectivity index (χ1) is 18.8. The Morgan fingerprint density at radius 1 is 0.949 bits per heavy atom. The smallest absolute Gasteiger partial charge is 0.270 e. The van der Waals surface area contributed by atoms with Crippen LogP contribution in [-0.4, -0.2) is 35.8 Å². The van der Waals surface area contributed by atoms with Gasteiger partial charge in [0.2, 0.25) is 5.56 Å². The largest absolute Gasteiger partial charge is 0.347 e. The monoisotopic (exact) mass is 522 g/mol. The van der Waals surface area contributed by atoms with Gasteiger partial charge in [-0.1, -0.05) is 6.07 Å². The summed E-state index contributed by atoms with van der Waals surface area (Å²) in [7, 11) is 0. The van der Waals surface area contributed by atoms with Gasteiger partial charge >= 0.3 is 0 Å². The SMILES string of the molecule is Cc1cc(Nc2cc[nH]c(=O)c2)nc(-c2ccc(C(=O)NCc3ccc(-c4cc(F)cnc4C)nc3)nc2)n1. The van der Waals surface area contributed by atoms with Gasteiger partial charge < -0.3 is 15.6 Å². The van der Waals surface area contributed by atoms with E-state index in [0.29, 0.717) is 39.8 Å². The third-order valence-electron chi connectivity index (χ3n) is 5.76. The number of nitrogens with one attached hydrogen (secondary N) is 3. The van der Waals surface area contributed by atoms with Crippen molar-refractivity contribution in [3.63, 3.8) is 0 Å². The Labute approximate surface area is 222 Å². The van der Waals surface area contributed by atoms with Gasteiger partial charge in [0.25, 0.3) is 5.91 Å². The highest BCUT2D eigenvalue weighted by atomic mass is 19.1. The molecule has 0 aromatic carbocycles. The summed E-state index contributed by atoms with van der Waals surface area (Å²) in [4.78, 5) is 48.4. The fourth-order valence-corrected chi connectivity index (χ4v) is 3.82. The van der Waals surface area contributed by atoms with Crippen molar-refractivity contribution in [3.8, 4) is 22.6 Å². The quantitative estimate of drug-likeness (QED) is 0.290. The van der Waals surface area contributed by atoms with Crippen LogP contribution in [0.4, 0.5) is 15.9 Å². The fraction of sp³-hybridized carbons (Fsp3) is 0.107. The lowest BCUT2D eigenvalue weighted by Gasteiger charge is -2.09. The Bertz CT molecular complexity index is 1700. The molecule has 0 aliphatic rings. The number of hydrogen-bond donors (Lipinski definition) is 3. The first-order valence-corrected chi connectivity index (χ1v) is 12.0. The normalized spacial score (nSPS) is 10.7. The number of aromatic nitrogens is 6. The second-order valence-electron chi connectivity index (χ2n) is 8.74. The van der Waals surface area contributed by atoms with Crippen molar-refractivity contribution in [2.45, 2.75) is 20.4 Å². The van der Waals surface area contributed by atoms with Crippen molar-refractivity contribution in [1.29, 1.82) is 0 Å². The Morgan fingerprint density at radius 3 is 2.56 bits per heavy atom. The van der Waals surface area contributed by atoms with E-state index in [2.05, 4.69) is 40.5 Å². The van der Waals surface area contributed by atoms with Crippen molar-refractivity contribution in [1.82, 2.24) is 35.2 Å². The molecule has 0 unspecified atom stereocenters. The lowest BCUT2D eigenvalue weighted by molar-refractivity contribution is 0.0946. The van der Waals surface area contributed by atoms with Gasteiger partial charge in [-0.3, -0.25) is 24.5 Å². The maximum Gasteiger partial charge on any atom is 0.270 e. The predicted octanol–water partition coefficient (Wildman–Crippen LogP) is 4.11. The Kier molecular flexibility index (Phi) is 7.13. The number of carbonyl (C=O) groups excluding carboxylic acids is 1. The molecule has 0 saturated heterocycles.